The van der Waals surface area contributed by atoms with Crippen molar-refractivity contribution < 1.29 is 0 Å². The van der Waals surface area contributed by atoms with Crippen LogP contribution in [0.25, 0.3) is 0 Å². The molecule has 21 heavy (non-hydrogen) atoms. The smallest absolute Gasteiger partial charge is 0.0429 e. The monoisotopic (exact) mass is 282 g/mol. The minimum absolute atomic E-state index is 0.938. The van der Waals surface area contributed by atoms with Crippen molar-refractivity contribution in [1.82, 2.24) is 5.32 Å². The summed E-state index contributed by atoms with van der Waals surface area (Å²) in [5, 5.41) is 3.41. The molecule has 0 aromatic heterocycles. The van der Waals surface area contributed by atoms with Gasteiger partial charge in [0.2, 0.25) is 0 Å². The number of nitrogens with zero attached hydrogens (tertiary/aromatic N) is 1. The maximum atomic E-state index is 3.41. The minimum Gasteiger partial charge on any atom is -0.370 e. The maximum absolute atomic E-state index is 3.41. The van der Waals surface area contributed by atoms with Crippen LogP contribution >= 0.6 is 0 Å². The number of nitrogens with one attached hydrogen (secondary N) is 1. The van der Waals surface area contributed by atoms with Gasteiger partial charge in [-0.2, -0.15) is 0 Å². The molecule has 0 aliphatic carbocycles. The normalized spacial score (nSPS) is 10.6. The van der Waals surface area contributed by atoms with Crippen LogP contribution < -0.4 is 10.2 Å². The molecule has 0 saturated heterocycles. The molecule has 2 aromatic rings. The highest BCUT2D eigenvalue weighted by Gasteiger charge is 2.06. The molecular weight excluding hydrogens is 256 g/mol. The van der Waals surface area contributed by atoms with Crippen LogP contribution in [0.15, 0.2) is 48.5 Å². The Labute approximate surface area is 128 Å². The number of hydrogen-bond acceptors (Lipinski definition) is 2. The second-order valence-corrected chi connectivity index (χ2v) is 5.43. The Hall–Kier alpha value is -1.80. The number of benzene rings is 2. The highest BCUT2D eigenvalue weighted by atomic mass is 15.1. The summed E-state index contributed by atoms with van der Waals surface area (Å²) in [5.41, 5.74) is 5.43. The van der Waals surface area contributed by atoms with Gasteiger partial charge in [-0.15, -0.1) is 0 Å². The quantitative estimate of drug-likeness (QED) is 0.826. The standard InChI is InChI=1S/C19H26N2/c1-4-16-10-12-19(13-11-16)21(3)15-18-9-7-6-8-17(18)14-20-5-2/h6-13,20H,4-5,14-15H2,1-3H3. The number of aryl methyl sites for hydroxylation is 1. The zero-order valence-corrected chi connectivity index (χ0v) is 13.4. The van der Waals surface area contributed by atoms with Crippen LogP contribution in [0.3, 0.4) is 0 Å². The second-order valence-electron chi connectivity index (χ2n) is 5.43. The van der Waals surface area contributed by atoms with Crippen LogP contribution in [-0.4, -0.2) is 13.6 Å². The van der Waals surface area contributed by atoms with Crippen molar-refractivity contribution in [3.05, 3.63) is 65.2 Å². The Morgan fingerprint density at radius 3 is 2.19 bits per heavy atom. The lowest BCUT2D eigenvalue weighted by Crippen LogP contribution is -2.19. The molecule has 0 fully saturated rings. The van der Waals surface area contributed by atoms with Crippen molar-refractivity contribution in [2.45, 2.75) is 33.4 Å². The summed E-state index contributed by atoms with van der Waals surface area (Å²) < 4.78 is 0. The van der Waals surface area contributed by atoms with Crippen molar-refractivity contribution in [1.29, 1.82) is 0 Å². The van der Waals surface area contributed by atoms with Gasteiger partial charge in [0.05, 0.1) is 0 Å². The second kappa shape index (κ2) is 7.84. The van der Waals surface area contributed by atoms with Crippen molar-refractivity contribution in [2.75, 3.05) is 18.5 Å². The summed E-state index contributed by atoms with van der Waals surface area (Å²) in [5.74, 6) is 0. The molecule has 0 aliphatic heterocycles. The third-order valence-corrected chi connectivity index (χ3v) is 3.88. The minimum atomic E-state index is 0.938. The van der Waals surface area contributed by atoms with E-state index in [1.54, 1.807) is 0 Å². The molecule has 0 saturated carbocycles. The Morgan fingerprint density at radius 1 is 0.905 bits per heavy atom. The SMILES string of the molecule is CCNCc1ccccc1CN(C)c1ccc(CC)cc1. The van der Waals surface area contributed by atoms with E-state index in [4.69, 9.17) is 0 Å². The van der Waals surface area contributed by atoms with Crippen LogP contribution in [0.5, 0.6) is 0 Å². The van der Waals surface area contributed by atoms with Gasteiger partial charge >= 0.3 is 0 Å². The molecule has 2 heteroatoms. The van der Waals surface area contributed by atoms with Gasteiger partial charge in [0.15, 0.2) is 0 Å². The first-order chi connectivity index (χ1) is 10.2. The van der Waals surface area contributed by atoms with Gasteiger partial charge in [0, 0.05) is 25.8 Å². The number of hydrogen-bond donors (Lipinski definition) is 1. The Bertz CT molecular complexity index is 546. The van der Waals surface area contributed by atoms with Gasteiger partial charge in [-0.05, 0) is 41.8 Å². The van der Waals surface area contributed by atoms with Gasteiger partial charge in [-0.25, -0.2) is 0 Å². The summed E-state index contributed by atoms with van der Waals surface area (Å²) in [6.07, 6.45) is 1.09. The molecule has 112 valence electrons. The van der Waals surface area contributed by atoms with E-state index in [1.165, 1.54) is 22.4 Å². The van der Waals surface area contributed by atoms with Gasteiger partial charge in [0.1, 0.15) is 0 Å². The molecule has 2 aromatic carbocycles. The summed E-state index contributed by atoms with van der Waals surface area (Å²) in [4.78, 5) is 2.31. The van der Waals surface area contributed by atoms with Crippen LogP contribution in [0.2, 0.25) is 0 Å². The van der Waals surface area contributed by atoms with E-state index in [0.29, 0.717) is 0 Å². The first kappa shape index (κ1) is 15.6. The van der Waals surface area contributed by atoms with Crippen LogP contribution in [0, 0.1) is 0 Å². The van der Waals surface area contributed by atoms with Crippen LogP contribution in [0.4, 0.5) is 5.69 Å². The lowest BCUT2D eigenvalue weighted by atomic mass is 10.1. The average molecular weight is 282 g/mol. The van der Waals surface area contributed by atoms with Gasteiger partial charge in [0.25, 0.3) is 0 Å². The number of rotatable bonds is 7. The van der Waals surface area contributed by atoms with Crippen LogP contribution in [-0.2, 0) is 19.5 Å². The van der Waals surface area contributed by atoms with E-state index in [9.17, 15) is 0 Å². The zero-order valence-electron chi connectivity index (χ0n) is 13.4. The molecule has 1 N–H and O–H groups in total. The topological polar surface area (TPSA) is 15.3 Å². The van der Waals surface area contributed by atoms with Gasteiger partial charge in [-0.1, -0.05) is 50.2 Å². The largest absolute Gasteiger partial charge is 0.370 e. The lowest BCUT2D eigenvalue weighted by molar-refractivity contribution is 0.717. The van der Waals surface area contributed by atoms with Crippen molar-refractivity contribution >= 4 is 5.69 Å². The molecule has 2 nitrogen and oxygen atoms in total. The summed E-state index contributed by atoms with van der Waals surface area (Å²) >= 11 is 0. The predicted molar refractivity (Wildman–Crippen MR) is 91.7 cm³/mol. The molecule has 2 rings (SSSR count). The summed E-state index contributed by atoms with van der Waals surface area (Å²) in [7, 11) is 2.16. The van der Waals surface area contributed by atoms with E-state index in [0.717, 1.165) is 26.1 Å². The molecular formula is C19H26N2. The Balaban J connectivity index is 2.09. The van der Waals surface area contributed by atoms with Gasteiger partial charge in [-0.3, -0.25) is 0 Å². The van der Waals surface area contributed by atoms with Crippen molar-refractivity contribution in [3.8, 4) is 0 Å². The van der Waals surface area contributed by atoms with E-state index in [-0.39, 0.29) is 0 Å². The summed E-state index contributed by atoms with van der Waals surface area (Å²) in [6.45, 7) is 7.21. The molecule has 0 amide bonds. The molecule has 0 bridgehead atoms. The van der Waals surface area contributed by atoms with E-state index >= 15 is 0 Å². The van der Waals surface area contributed by atoms with E-state index < -0.39 is 0 Å². The van der Waals surface area contributed by atoms with Crippen molar-refractivity contribution in [2.24, 2.45) is 0 Å². The third-order valence-electron chi connectivity index (χ3n) is 3.88. The molecule has 0 radical (unpaired) electrons. The zero-order chi connectivity index (χ0) is 15.1. The predicted octanol–water partition coefficient (Wildman–Crippen LogP) is 3.99. The number of anilines is 1. The van der Waals surface area contributed by atoms with E-state index in [2.05, 4.69) is 79.6 Å². The Morgan fingerprint density at radius 2 is 1.57 bits per heavy atom. The molecule has 0 unspecified atom stereocenters. The molecule has 0 aliphatic rings. The fourth-order valence-corrected chi connectivity index (χ4v) is 2.48. The molecule has 0 atom stereocenters. The Kier molecular flexibility index (Phi) is 5.82. The molecule has 0 spiro atoms. The molecule has 0 heterocycles. The average Bonchev–Trinajstić information content (AvgIpc) is 2.54. The highest BCUT2D eigenvalue weighted by Crippen LogP contribution is 2.18. The fourth-order valence-electron chi connectivity index (χ4n) is 2.48. The van der Waals surface area contributed by atoms with Gasteiger partial charge < -0.3 is 10.2 Å². The van der Waals surface area contributed by atoms with E-state index in [1.807, 2.05) is 0 Å². The van der Waals surface area contributed by atoms with Crippen LogP contribution in [0.1, 0.15) is 30.5 Å². The summed E-state index contributed by atoms with van der Waals surface area (Å²) in [6, 6.07) is 17.5. The first-order valence-electron chi connectivity index (χ1n) is 7.82. The first-order valence-corrected chi connectivity index (χ1v) is 7.82. The highest BCUT2D eigenvalue weighted by molar-refractivity contribution is 5.48. The maximum Gasteiger partial charge on any atom is 0.0429 e. The lowest BCUT2D eigenvalue weighted by Gasteiger charge is -2.21. The van der Waals surface area contributed by atoms with Crippen molar-refractivity contribution in [3.63, 3.8) is 0 Å². The third kappa shape index (κ3) is 4.33. The fraction of sp³-hybridized carbons (Fsp3) is 0.368.